The van der Waals surface area contributed by atoms with Crippen LogP contribution in [0.3, 0.4) is 0 Å². The lowest BCUT2D eigenvalue weighted by atomic mass is 10.1. The summed E-state index contributed by atoms with van der Waals surface area (Å²) in [5.74, 6) is -2.58. The van der Waals surface area contributed by atoms with Crippen LogP contribution in [0.25, 0.3) is 0 Å². The van der Waals surface area contributed by atoms with Gasteiger partial charge in [-0.05, 0) is 24.6 Å². The summed E-state index contributed by atoms with van der Waals surface area (Å²) in [6.07, 6.45) is 0.637. The van der Waals surface area contributed by atoms with Gasteiger partial charge in [-0.15, -0.1) is 0 Å². The third-order valence-corrected chi connectivity index (χ3v) is 3.47. The molecule has 0 saturated heterocycles. The van der Waals surface area contributed by atoms with E-state index < -0.39 is 17.8 Å². The number of nitrogens with two attached hydrogens (primary N) is 1. The maximum absolute atomic E-state index is 11.8. The van der Waals surface area contributed by atoms with Crippen molar-refractivity contribution < 1.29 is 23.9 Å². The van der Waals surface area contributed by atoms with E-state index in [0.29, 0.717) is 13.0 Å². The Bertz CT molecular complexity index is 790. The van der Waals surface area contributed by atoms with Gasteiger partial charge in [-0.2, -0.15) is 0 Å². The number of esters is 1. The normalized spacial score (nSPS) is 10.0. The van der Waals surface area contributed by atoms with Crippen molar-refractivity contribution in [1.29, 1.82) is 0 Å². The Labute approximate surface area is 151 Å². The van der Waals surface area contributed by atoms with Gasteiger partial charge in [-0.3, -0.25) is 9.59 Å². The van der Waals surface area contributed by atoms with Crippen LogP contribution in [0.5, 0.6) is 5.75 Å². The molecule has 7 nitrogen and oxygen atoms in total. The van der Waals surface area contributed by atoms with E-state index in [4.69, 9.17) is 10.5 Å². The molecule has 2 aromatic rings. The molecule has 0 radical (unpaired) electrons. The van der Waals surface area contributed by atoms with Gasteiger partial charge >= 0.3 is 11.9 Å². The van der Waals surface area contributed by atoms with Crippen LogP contribution in [0.15, 0.2) is 48.5 Å². The van der Waals surface area contributed by atoms with Gasteiger partial charge < -0.3 is 20.5 Å². The Balaban J connectivity index is 2.12. The lowest BCUT2D eigenvalue weighted by Gasteiger charge is -2.14. The molecule has 0 aromatic heterocycles. The number of amides is 2. The SMILES string of the molecule is CCOC(=O)C(=O)Nc1cccc(OCCc2ccccc2)c1C(N)=O. The first-order valence-electron chi connectivity index (χ1n) is 8.10. The molecule has 0 bridgehead atoms. The Morgan fingerprint density at radius 3 is 2.42 bits per heavy atom. The zero-order chi connectivity index (χ0) is 18.9. The minimum absolute atomic E-state index is 0.00166. The topological polar surface area (TPSA) is 108 Å². The fraction of sp³-hybridized carbons (Fsp3) is 0.211. The number of ether oxygens (including phenoxy) is 2. The summed E-state index contributed by atoms with van der Waals surface area (Å²) < 4.78 is 10.3. The number of primary amides is 1. The predicted molar refractivity (Wildman–Crippen MR) is 95.9 cm³/mol. The summed E-state index contributed by atoms with van der Waals surface area (Å²) in [6.45, 7) is 1.97. The van der Waals surface area contributed by atoms with E-state index in [9.17, 15) is 14.4 Å². The highest BCUT2D eigenvalue weighted by Gasteiger charge is 2.21. The van der Waals surface area contributed by atoms with Crippen molar-refractivity contribution in [3.63, 3.8) is 0 Å². The molecule has 3 N–H and O–H groups in total. The fourth-order valence-corrected chi connectivity index (χ4v) is 2.30. The Morgan fingerprint density at radius 1 is 1.04 bits per heavy atom. The number of hydrogen-bond donors (Lipinski definition) is 2. The first-order chi connectivity index (χ1) is 12.5. The van der Waals surface area contributed by atoms with Gasteiger partial charge in [0.2, 0.25) is 0 Å². The average Bonchev–Trinajstić information content (AvgIpc) is 2.62. The van der Waals surface area contributed by atoms with Crippen LogP contribution in [0, 0.1) is 0 Å². The minimum Gasteiger partial charge on any atom is -0.492 e. The molecule has 0 spiro atoms. The predicted octanol–water partition coefficient (Wildman–Crippen LogP) is 1.91. The molecule has 136 valence electrons. The lowest BCUT2D eigenvalue weighted by Crippen LogP contribution is -2.27. The van der Waals surface area contributed by atoms with Gasteiger partial charge in [-0.1, -0.05) is 36.4 Å². The van der Waals surface area contributed by atoms with Crippen molar-refractivity contribution >= 4 is 23.5 Å². The van der Waals surface area contributed by atoms with E-state index >= 15 is 0 Å². The highest BCUT2D eigenvalue weighted by Crippen LogP contribution is 2.26. The third kappa shape index (κ3) is 5.07. The van der Waals surface area contributed by atoms with Crippen molar-refractivity contribution in [2.24, 2.45) is 5.73 Å². The lowest BCUT2D eigenvalue weighted by molar-refractivity contribution is -0.152. The van der Waals surface area contributed by atoms with E-state index in [1.165, 1.54) is 6.07 Å². The molecule has 2 amide bonds. The van der Waals surface area contributed by atoms with E-state index in [1.54, 1.807) is 19.1 Å². The van der Waals surface area contributed by atoms with Gasteiger partial charge in [0.05, 0.1) is 18.9 Å². The van der Waals surface area contributed by atoms with Crippen LogP contribution >= 0.6 is 0 Å². The smallest absolute Gasteiger partial charge is 0.397 e. The highest BCUT2D eigenvalue weighted by atomic mass is 16.5. The van der Waals surface area contributed by atoms with Crippen LogP contribution < -0.4 is 15.8 Å². The monoisotopic (exact) mass is 356 g/mol. The van der Waals surface area contributed by atoms with E-state index in [-0.39, 0.29) is 23.6 Å². The number of carbonyl (C=O) groups excluding carboxylic acids is 3. The fourth-order valence-electron chi connectivity index (χ4n) is 2.30. The number of hydrogen-bond acceptors (Lipinski definition) is 5. The standard InChI is InChI=1S/C19H20N2O5/c1-2-25-19(24)18(23)21-14-9-6-10-15(16(14)17(20)22)26-12-11-13-7-4-3-5-8-13/h3-10H,2,11-12H2,1H3,(H2,20,22)(H,21,23). The molecular weight excluding hydrogens is 336 g/mol. The molecule has 7 heteroatoms. The molecule has 2 rings (SSSR count). The Hall–Kier alpha value is -3.35. The van der Waals surface area contributed by atoms with Crippen LogP contribution in [0.1, 0.15) is 22.8 Å². The molecule has 0 aliphatic carbocycles. The van der Waals surface area contributed by atoms with Crippen LogP contribution in [0.2, 0.25) is 0 Å². The molecule has 0 aliphatic heterocycles. The summed E-state index contributed by atoms with van der Waals surface area (Å²) in [5.41, 5.74) is 6.59. The molecule has 0 atom stereocenters. The van der Waals surface area contributed by atoms with Crippen LogP contribution in [0.4, 0.5) is 5.69 Å². The second kappa shape index (κ2) is 9.22. The molecular formula is C19H20N2O5. The second-order valence-corrected chi connectivity index (χ2v) is 5.30. The van der Waals surface area contributed by atoms with Gasteiger partial charge in [-0.25, -0.2) is 4.79 Å². The largest absolute Gasteiger partial charge is 0.492 e. The molecule has 0 saturated carbocycles. The molecule has 2 aromatic carbocycles. The summed E-state index contributed by atoms with van der Waals surface area (Å²) >= 11 is 0. The quantitative estimate of drug-likeness (QED) is 0.582. The van der Waals surface area contributed by atoms with Gasteiger partial charge in [0.15, 0.2) is 0 Å². The number of anilines is 1. The average molecular weight is 356 g/mol. The van der Waals surface area contributed by atoms with Crippen molar-refractivity contribution in [1.82, 2.24) is 0 Å². The number of rotatable bonds is 7. The molecule has 0 aliphatic rings. The summed E-state index contributed by atoms with van der Waals surface area (Å²) in [4.78, 5) is 35.1. The van der Waals surface area contributed by atoms with Crippen molar-refractivity contribution in [3.8, 4) is 5.75 Å². The van der Waals surface area contributed by atoms with Crippen molar-refractivity contribution in [3.05, 3.63) is 59.7 Å². The maximum atomic E-state index is 11.8. The summed E-state index contributed by atoms with van der Waals surface area (Å²) in [7, 11) is 0. The summed E-state index contributed by atoms with van der Waals surface area (Å²) in [6, 6.07) is 14.3. The summed E-state index contributed by atoms with van der Waals surface area (Å²) in [5, 5.41) is 2.33. The van der Waals surface area contributed by atoms with Crippen molar-refractivity contribution in [2.45, 2.75) is 13.3 Å². The Morgan fingerprint density at radius 2 is 1.77 bits per heavy atom. The second-order valence-electron chi connectivity index (χ2n) is 5.30. The first-order valence-corrected chi connectivity index (χ1v) is 8.10. The first kappa shape index (κ1) is 19.0. The minimum atomic E-state index is -1.04. The van der Waals surface area contributed by atoms with Crippen LogP contribution in [-0.4, -0.2) is 31.0 Å². The maximum Gasteiger partial charge on any atom is 0.397 e. The van der Waals surface area contributed by atoms with Crippen molar-refractivity contribution in [2.75, 3.05) is 18.5 Å². The van der Waals surface area contributed by atoms with Gasteiger partial charge in [0, 0.05) is 6.42 Å². The molecule has 0 unspecified atom stereocenters. The highest BCUT2D eigenvalue weighted by molar-refractivity contribution is 6.37. The van der Waals surface area contributed by atoms with Gasteiger partial charge in [0.25, 0.3) is 5.91 Å². The van der Waals surface area contributed by atoms with E-state index in [1.807, 2.05) is 30.3 Å². The van der Waals surface area contributed by atoms with E-state index in [0.717, 1.165) is 5.56 Å². The molecule has 0 fully saturated rings. The zero-order valence-corrected chi connectivity index (χ0v) is 14.4. The zero-order valence-electron chi connectivity index (χ0n) is 14.4. The number of carbonyl (C=O) groups is 3. The third-order valence-electron chi connectivity index (χ3n) is 3.47. The molecule has 0 heterocycles. The number of benzene rings is 2. The van der Waals surface area contributed by atoms with Gasteiger partial charge in [0.1, 0.15) is 11.3 Å². The van der Waals surface area contributed by atoms with E-state index in [2.05, 4.69) is 10.1 Å². The molecule has 26 heavy (non-hydrogen) atoms. The number of nitrogens with one attached hydrogen (secondary N) is 1. The Kier molecular flexibility index (Phi) is 6.73. The van der Waals surface area contributed by atoms with Crippen LogP contribution in [-0.2, 0) is 20.7 Å².